The average molecular weight is 325 g/mol. The first-order chi connectivity index (χ1) is 8.95. The van der Waals surface area contributed by atoms with Crippen LogP contribution in [0.1, 0.15) is 32.8 Å². The van der Waals surface area contributed by atoms with Crippen LogP contribution in [0.2, 0.25) is 0 Å². The molecule has 1 aliphatic rings. The Kier molecular flexibility index (Phi) is 4.91. The highest BCUT2D eigenvalue weighted by Gasteiger charge is 2.25. The molecule has 1 aliphatic heterocycles. The second-order valence-corrected chi connectivity index (χ2v) is 7.14. The molecule has 0 aromatic heterocycles. The van der Waals surface area contributed by atoms with E-state index in [0.29, 0.717) is 12.1 Å². The summed E-state index contributed by atoms with van der Waals surface area (Å²) in [5.41, 5.74) is 2.66. The Bertz CT molecular complexity index is 411. The SMILES string of the molecule is Cc1cc(Br)cc(N2CC(CC(C)C)NCC2C)c1. The average Bonchev–Trinajstić information content (AvgIpc) is 2.29. The van der Waals surface area contributed by atoms with Crippen molar-refractivity contribution >= 4 is 21.6 Å². The molecule has 1 saturated heterocycles. The maximum absolute atomic E-state index is 3.68. The molecular weight excluding hydrogens is 300 g/mol. The molecule has 3 heteroatoms. The first-order valence-corrected chi connectivity index (χ1v) is 8.02. The number of piperazine rings is 1. The van der Waals surface area contributed by atoms with Gasteiger partial charge in [-0.05, 0) is 49.9 Å². The topological polar surface area (TPSA) is 15.3 Å². The van der Waals surface area contributed by atoms with E-state index in [1.165, 1.54) is 22.1 Å². The quantitative estimate of drug-likeness (QED) is 0.905. The minimum atomic E-state index is 0.553. The highest BCUT2D eigenvalue weighted by Crippen LogP contribution is 2.26. The molecule has 1 aromatic rings. The number of nitrogens with zero attached hydrogens (tertiary/aromatic N) is 1. The zero-order valence-electron chi connectivity index (χ0n) is 12.4. The zero-order valence-corrected chi connectivity index (χ0v) is 14.0. The van der Waals surface area contributed by atoms with Crippen molar-refractivity contribution in [1.29, 1.82) is 0 Å². The minimum Gasteiger partial charge on any atom is -0.366 e. The molecule has 0 bridgehead atoms. The number of hydrogen-bond donors (Lipinski definition) is 1. The fourth-order valence-electron chi connectivity index (χ4n) is 2.90. The Morgan fingerprint density at radius 3 is 2.74 bits per heavy atom. The first-order valence-electron chi connectivity index (χ1n) is 7.23. The van der Waals surface area contributed by atoms with Gasteiger partial charge in [-0.25, -0.2) is 0 Å². The predicted molar refractivity (Wildman–Crippen MR) is 86.9 cm³/mol. The molecule has 2 nitrogen and oxygen atoms in total. The van der Waals surface area contributed by atoms with Crippen LogP contribution in [0.15, 0.2) is 22.7 Å². The number of benzene rings is 1. The van der Waals surface area contributed by atoms with Gasteiger partial charge in [0.2, 0.25) is 0 Å². The first kappa shape index (κ1) is 14.9. The summed E-state index contributed by atoms with van der Waals surface area (Å²) in [6.07, 6.45) is 1.25. The number of aryl methyl sites for hydroxylation is 1. The van der Waals surface area contributed by atoms with Crippen LogP contribution in [-0.2, 0) is 0 Å². The van der Waals surface area contributed by atoms with Crippen molar-refractivity contribution in [2.45, 2.75) is 46.2 Å². The van der Waals surface area contributed by atoms with Crippen molar-refractivity contribution in [2.75, 3.05) is 18.0 Å². The molecular formula is C16H25BrN2. The lowest BCUT2D eigenvalue weighted by Gasteiger charge is -2.41. The fraction of sp³-hybridized carbons (Fsp3) is 0.625. The van der Waals surface area contributed by atoms with Gasteiger partial charge in [0, 0.05) is 35.3 Å². The van der Waals surface area contributed by atoms with Crippen molar-refractivity contribution in [3.8, 4) is 0 Å². The zero-order chi connectivity index (χ0) is 14.0. The van der Waals surface area contributed by atoms with E-state index in [0.717, 1.165) is 19.0 Å². The summed E-state index contributed by atoms with van der Waals surface area (Å²) >= 11 is 3.61. The molecule has 0 radical (unpaired) electrons. The number of anilines is 1. The number of nitrogens with one attached hydrogen (secondary N) is 1. The summed E-state index contributed by atoms with van der Waals surface area (Å²) < 4.78 is 1.17. The Hall–Kier alpha value is -0.540. The van der Waals surface area contributed by atoms with E-state index >= 15 is 0 Å². The van der Waals surface area contributed by atoms with E-state index in [4.69, 9.17) is 0 Å². The van der Waals surface area contributed by atoms with Crippen molar-refractivity contribution in [3.63, 3.8) is 0 Å². The van der Waals surface area contributed by atoms with Crippen molar-refractivity contribution in [1.82, 2.24) is 5.32 Å². The lowest BCUT2D eigenvalue weighted by atomic mass is 9.99. The van der Waals surface area contributed by atoms with Crippen molar-refractivity contribution < 1.29 is 0 Å². The van der Waals surface area contributed by atoms with Gasteiger partial charge in [-0.2, -0.15) is 0 Å². The normalized spacial score (nSPS) is 24.0. The minimum absolute atomic E-state index is 0.553. The van der Waals surface area contributed by atoms with Gasteiger partial charge >= 0.3 is 0 Å². The largest absolute Gasteiger partial charge is 0.366 e. The molecule has 2 unspecified atom stereocenters. The van der Waals surface area contributed by atoms with Gasteiger partial charge in [0.05, 0.1) is 0 Å². The maximum atomic E-state index is 3.68. The van der Waals surface area contributed by atoms with Crippen LogP contribution in [0.5, 0.6) is 0 Å². The lowest BCUT2D eigenvalue weighted by Crippen LogP contribution is -2.56. The summed E-state index contributed by atoms with van der Waals surface area (Å²) in [5.74, 6) is 0.747. The van der Waals surface area contributed by atoms with Crippen LogP contribution >= 0.6 is 15.9 Å². The molecule has 0 aliphatic carbocycles. The van der Waals surface area contributed by atoms with E-state index in [1.54, 1.807) is 0 Å². The van der Waals surface area contributed by atoms with E-state index in [2.05, 4.69) is 72.0 Å². The monoisotopic (exact) mass is 324 g/mol. The van der Waals surface area contributed by atoms with Crippen LogP contribution < -0.4 is 10.2 Å². The number of halogens is 1. The molecule has 1 fully saturated rings. The Morgan fingerprint density at radius 2 is 2.11 bits per heavy atom. The summed E-state index contributed by atoms with van der Waals surface area (Å²) in [6, 6.07) is 7.86. The van der Waals surface area contributed by atoms with Gasteiger partial charge in [-0.3, -0.25) is 0 Å². The lowest BCUT2D eigenvalue weighted by molar-refractivity contribution is 0.356. The van der Waals surface area contributed by atoms with E-state index in [-0.39, 0.29) is 0 Å². The van der Waals surface area contributed by atoms with Crippen LogP contribution in [0, 0.1) is 12.8 Å². The second kappa shape index (κ2) is 6.27. The fourth-order valence-corrected chi connectivity index (χ4v) is 3.49. The molecule has 2 rings (SSSR count). The highest BCUT2D eigenvalue weighted by atomic mass is 79.9. The molecule has 1 heterocycles. The van der Waals surface area contributed by atoms with Crippen LogP contribution in [0.3, 0.4) is 0 Å². The summed E-state index contributed by atoms with van der Waals surface area (Å²) in [4.78, 5) is 2.54. The van der Waals surface area contributed by atoms with Gasteiger partial charge in [0.15, 0.2) is 0 Å². The molecule has 1 aromatic carbocycles. The molecule has 0 spiro atoms. The van der Waals surface area contributed by atoms with Gasteiger partial charge in [-0.1, -0.05) is 29.8 Å². The molecule has 1 N–H and O–H groups in total. The highest BCUT2D eigenvalue weighted by molar-refractivity contribution is 9.10. The van der Waals surface area contributed by atoms with Gasteiger partial charge in [0.25, 0.3) is 0 Å². The smallest absolute Gasteiger partial charge is 0.0387 e. The van der Waals surface area contributed by atoms with Gasteiger partial charge in [-0.15, -0.1) is 0 Å². The molecule has 0 amide bonds. The second-order valence-electron chi connectivity index (χ2n) is 6.22. The summed E-state index contributed by atoms with van der Waals surface area (Å²) in [5, 5.41) is 3.68. The van der Waals surface area contributed by atoms with Crippen LogP contribution in [0.25, 0.3) is 0 Å². The van der Waals surface area contributed by atoms with Crippen LogP contribution in [-0.4, -0.2) is 25.2 Å². The standard InChI is InChI=1S/C16H25BrN2/c1-11(2)5-15-10-19(13(4)9-18-15)16-7-12(3)6-14(17)8-16/h6-8,11,13,15,18H,5,9-10H2,1-4H3. The van der Waals surface area contributed by atoms with E-state index in [9.17, 15) is 0 Å². The molecule has 19 heavy (non-hydrogen) atoms. The predicted octanol–water partition coefficient (Wildman–Crippen LogP) is 3.97. The number of hydrogen-bond acceptors (Lipinski definition) is 2. The third-order valence-electron chi connectivity index (χ3n) is 3.77. The van der Waals surface area contributed by atoms with E-state index in [1.807, 2.05) is 0 Å². The molecule has 2 atom stereocenters. The van der Waals surface area contributed by atoms with Crippen molar-refractivity contribution in [3.05, 3.63) is 28.2 Å². The Balaban J connectivity index is 2.16. The molecule has 0 saturated carbocycles. The van der Waals surface area contributed by atoms with Crippen molar-refractivity contribution in [2.24, 2.45) is 5.92 Å². The van der Waals surface area contributed by atoms with E-state index < -0.39 is 0 Å². The third kappa shape index (κ3) is 3.96. The summed E-state index contributed by atoms with van der Waals surface area (Å²) in [7, 11) is 0. The molecule has 106 valence electrons. The Labute approximate surface area is 125 Å². The van der Waals surface area contributed by atoms with Gasteiger partial charge in [0.1, 0.15) is 0 Å². The van der Waals surface area contributed by atoms with Crippen LogP contribution in [0.4, 0.5) is 5.69 Å². The van der Waals surface area contributed by atoms with Gasteiger partial charge < -0.3 is 10.2 Å². The Morgan fingerprint density at radius 1 is 1.37 bits per heavy atom. The third-order valence-corrected chi connectivity index (χ3v) is 4.22. The maximum Gasteiger partial charge on any atom is 0.0387 e. The summed E-state index contributed by atoms with van der Waals surface area (Å²) in [6.45, 7) is 11.2. The number of rotatable bonds is 3.